The van der Waals surface area contributed by atoms with Crippen LogP contribution in [0, 0.1) is 45.3 Å². The van der Waals surface area contributed by atoms with Crippen LogP contribution in [0.2, 0.25) is 0 Å². The molecule has 0 N–H and O–H groups in total. The first-order chi connectivity index (χ1) is 25.6. The molecular formula is C46H24N6. The molecule has 0 unspecified atom stereocenters. The SMILES string of the molecule is N#Cc1ccc(-c2ccc(C#N)c(-n3c4ccccc4c4ccccc43)c2)c(-c2ccccc2-n2c3ccc(C#N)cc3c3cccc(C#N)c32)c1. The lowest BCUT2D eigenvalue weighted by molar-refractivity contribution is 1.17. The van der Waals surface area contributed by atoms with Gasteiger partial charge >= 0.3 is 0 Å². The highest BCUT2D eigenvalue weighted by Gasteiger charge is 2.21. The fourth-order valence-corrected chi connectivity index (χ4v) is 7.62. The zero-order chi connectivity index (χ0) is 35.3. The van der Waals surface area contributed by atoms with Gasteiger partial charge in [0.25, 0.3) is 0 Å². The maximum Gasteiger partial charge on any atom is 0.101 e. The van der Waals surface area contributed by atoms with Crippen molar-refractivity contribution in [2.45, 2.75) is 0 Å². The van der Waals surface area contributed by atoms with Gasteiger partial charge in [-0.05, 0) is 83.4 Å². The molecule has 9 rings (SSSR count). The Labute approximate surface area is 298 Å². The normalized spacial score (nSPS) is 11.0. The summed E-state index contributed by atoms with van der Waals surface area (Å²) in [7, 11) is 0. The smallest absolute Gasteiger partial charge is 0.101 e. The fraction of sp³-hybridized carbons (Fsp3) is 0. The molecule has 0 bridgehead atoms. The summed E-state index contributed by atoms with van der Waals surface area (Å²) < 4.78 is 4.24. The third kappa shape index (κ3) is 4.47. The summed E-state index contributed by atoms with van der Waals surface area (Å²) in [4.78, 5) is 0. The standard InChI is InChI=1S/C46H24N6/c47-25-29-16-20-34(31-18-19-32(27-49)45(24-31)51-41-13-4-1-9-35(41)36-10-2-5-14-42(36)51)39(22-29)37-11-3-6-15-43(37)52-44-21-17-30(26-48)23-40(44)38-12-7-8-33(28-50)46(38)52/h1-24H. The second-order valence-corrected chi connectivity index (χ2v) is 12.6. The van der Waals surface area contributed by atoms with Crippen molar-refractivity contribution in [3.8, 4) is 57.9 Å². The Morgan fingerprint density at radius 3 is 1.73 bits per heavy atom. The van der Waals surface area contributed by atoms with E-state index in [1.54, 1.807) is 12.1 Å². The van der Waals surface area contributed by atoms with Gasteiger partial charge in [-0.2, -0.15) is 21.0 Å². The third-order valence-corrected chi connectivity index (χ3v) is 9.87. The molecule has 0 fully saturated rings. The van der Waals surface area contributed by atoms with E-state index in [1.807, 2.05) is 103 Å². The Morgan fingerprint density at radius 1 is 0.365 bits per heavy atom. The van der Waals surface area contributed by atoms with Gasteiger partial charge in [-0.25, -0.2) is 0 Å². The molecule has 2 heterocycles. The first-order valence-corrected chi connectivity index (χ1v) is 16.7. The number of fused-ring (bicyclic) bond motifs is 6. The lowest BCUT2D eigenvalue weighted by Crippen LogP contribution is -2.01. The zero-order valence-corrected chi connectivity index (χ0v) is 27.5. The predicted octanol–water partition coefficient (Wildman–Crippen LogP) is 10.7. The van der Waals surface area contributed by atoms with Gasteiger partial charge in [0.1, 0.15) is 12.1 Å². The van der Waals surface area contributed by atoms with E-state index in [2.05, 4.69) is 63.7 Å². The van der Waals surface area contributed by atoms with E-state index in [0.29, 0.717) is 22.3 Å². The van der Waals surface area contributed by atoms with Crippen molar-refractivity contribution in [2.75, 3.05) is 0 Å². The highest BCUT2D eigenvalue weighted by molar-refractivity contribution is 6.12. The number of aromatic nitrogens is 2. The van der Waals surface area contributed by atoms with Crippen molar-refractivity contribution < 1.29 is 0 Å². The molecule has 0 amide bonds. The molecule has 0 spiro atoms. The van der Waals surface area contributed by atoms with Gasteiger partial charge in [0.05, 0.1) is 67.8 Å². The van der Waals surface area contributed by atoms with E-state index >= 15 is 0 Å². The van der Waals surface area contributed by atoms with E-state index in [1.165, 1.54) is 0 Å². The Bertz CT molecular complexity index is 3080. The molecule has 0 saturated carbocycles. The fourth-order valence-electron chi connectivity index (χ4n) is 7.62. The number of hydrogen-bond donors (Lipinski definition) is 0. The molecule has 0 atom stereocenters. The summed E-state index contributed by atoms with van der Waals surface area (Å²) in [6.07, 6.45) is 0. The molecular weight excluding hydrogens is 637 g/mol. The minimum Gasteiger partial charge on any atom is -0.308 e. The molecule has 7 aromatic carbocycles. The van der Waals surface area contributed by atoms with Crippen molar-refractivity contribution in [3.05, 3.63) is 168 Å². The van der Waals surface area contributed by atoms with Crippen molar-refractivity contribution in [2.24, 2.45) is 0 Å². The van der Waals surface area contributed by atoms with Crippen LogP contribution in [-0.4, -0.2) is 9.13 Å². The molecule has 0 aliphatic carbocycles. The number of nitriles is 4. The Hall–Kier alpha value is -7.90. The highest BCUT2D eigenvalue weighted by atomic mass is 15.0. The van der Waals surface area contributed by atoms with Crippen LogP contribution in [0.25, 0.3) is 77.2 Å². The molecule has 0 radical (unpaired) electrons. The summed E-state index contributed by atoms with van der Waals surface area (Å²) >= 11 is 0. The van der Waals surface area contributed by atoms with Crippen LogP contribution >= 0.6 is 0 Å². The quantitative estimate of drug-likeness (QED) is 0.187. The first-order valence-electron chi connectivity index (χ1n) is 16.7. The topological polar surface area (TPSA) is 105 Å². The van der Waals surface area contributed by atoms with E-state index in [4.69, 9.17) is 0 Å². The van der Waals surface area contributed by atoms with Gasteiger partial charge in [0, 0.05) is 27.1 Å². The first kappa shape index (κ1) is 30.2. The monoisotopic (exact) mass is 660 g/mol. The zero-order valence-electron chi connectivity index (χ0n) is 27.5. The van der Waals surface area contributed by atoms with Gasteiger partial charge < -0.3 is 9.13 Å². The van der Waals surface area contributed by atoms with Crippen LogP contribution in [0.15, 0.2) is 146 Å². The summed E-state index contributed by atoms with van der Waals surface area (Å²) in [6.45, 7) is 0. The van der Waals surface area contributed by atoms with Crippen LogP contribution in [0.4, 0.5) is 0 Å². The van der Waals surface area contributed by atoms with Crippen LogP contribution in [-0.2, 0) is 0 Å². The number of rotatable bonds is 4. The highest BCUT2D eigenvalue weighted by Crippen LogP contribution is 2.42. The Kier molecular flexibility index (Phi) is 6.91. The van der Waals surface area contributed by atoms with Gasteiger partial charge in [-0.3, -0.25) is 0 Å². The second kappa shape index (κ2) is 11.9. The van der Waals surface area contributed by atoms with Crippen molar-refractivity contribution in [1.82, 2.24) is 9.13 Å². The number of nitrogens with zero attached hydrogens (tertiary/aromatic N) is 6. The van der Waals surface area contributed by atoms with E-state index < -0.39 is 0 Å². The molecule has 52 heavy (non-hydrogen) atoms. The largest absolute Gasteiger partial charge is 0.308 e. The van der Waals surface area contributed by atoms with Crippen LogP contribution in [0.5, 0.6) is 0 Å². The molecule has 2 aromatic heterocycles. The van der Waals surface area contributed by atoms with E-state index in [0.717, 1.165) is 77.2 Å². The Balaban J connectivity index is 1.33. The molecule has 0 aliphatic heterocycles. The van der Waals surface area contributed by atoms with Gasteiger partial charge in [-0.1, -0.05) is 78.9 Å². The van der Waals surface area contributed by atoms with Crippen LogP contribution in [0.1, 0.15) is 22.3 Å². The summed E-state index contributed by atoms with van der Waals surface area (Å²) in [5, 5.41) is 44.4. The third-order valence-electron chi connectivity index (χ3n) is 9.87. The maximum absolute atomic E-state index is 10.4. The minimum absolute atomic E-state index is 0.503. The molecule has 0 saturated heterocycles. The average molecular weight is 661 g/mol. The Morgan fingerprint density at radius 2 is 1.00 bits per heavy atom. The minimum atomic E-state index is 0.503. The van der Waals surface area contributed by atoms with Crippen molar-refractivity contribution in [3.63, 3.8) is 0 Å². The van der Waals surface area contributed by atoms with Gasteiger partial charge in [-0.15, -0.1) is 0 Å². The molecule has 0 aliphatic rings. The lowest BCUT2D eigenvalue weighted by Gasteiger charge is -2.18. The van der Waals surface area contributed by atoms with Crippen LogP contribution in [0.3, 0.4) is 0 Å². The number of benzene rings is 7. The second-order valence-electron chi connectivity index (χ2n) is 12.6. The average Bonchev–Trinajstić information content (AvgIpc) is 3.73. The molecule has 6 heteroatoms. The van der Waals surface area contributed by atoms with Gasteiger partial charge in [0.2, 0.25) is 0 Å². The molecule has 238 valence electrons. The van der Waals surface area contributed by atoms with E-state index in [9.17, 15) is 21.0 Å². The van der Waals surface area contributed by atoms with E-state index in [-0.39, 0.29) is 0 Å². The summed E-state index contributed by atoms with van der Waals surface area (Å²) in [5.41, 5.74) is 10.7. The van der Waals surface area contributed by atoms with Gasteiger partial charge in [0.15, 0.2) is 0 Å². The lowest BCUT2D eigenvalue weighted by atomic mass is 9.91. The predicted molar refractivity (Wildman–Crippen MR) is 205 cm³/mol. The number of hydrogen-bond acceptors (Lipinski definition) is 4. The maximum atomic E-state index is 10.4. The number of para-hydroxylation sites is 4. The molecule has 9 aromatic rings. The summed E-state index contributed by atoms with van der Waals surface area (Å²) in [5.74, 6) is 0. The van der Waals surface area contributed by atoms with Crippen molar-refractivity contribution >= 4 is 43.6 Å². The van der Waals surface area contributed by atoms with Crippen molar-refractivity contribution in [1.29, 1.82) is 21.0 Å². The molecule has 6 nitrogen and oxygen atoms in total. The van der Waals surface area contributed by atoms with Crippen LogP contribution < -0.4 is 0 Å². The summed E-state index contributed by atoms with van der Waals surface area (Å²) in [6, 6.07) is 56.6.